The molecule has 2 rings (SSSR count). The van der Waals surface area contributed by atoms with Gasteiger partial charge in [0, 0.05) is 35.3 Å². The van der Waals surface area contributed by atoms with Crippen molar-refractivity contribution in [1.29, 1.82) is 0 Å². The Morgan fingerprint density at radius 2 is 1.65 bits per heavy atom. The molecule has 1 N–H and O–H groups in total. The lowest BCUT2D eigenvalue weighted by molar-refractivity contribution is -0.139. The molecule has 0 saturated heterocycles. The summed E-state index contributed by atoms with van der Waals surface area (Å²) in [4.78, 5) is 27.1. The van der Waals surface area contributed by atoms with Crippen molar-refractivity contribution in [3.8, 4) is 11.5 Å². The molecular formula is C22H27Cl2N3O6S. The number of ether oxygens (including phenoxy) is 2. The van der Waals surface area contributed by atoms with E-state index in [4.69, 9.17) is 32.7 Å². The van der Waals surface area contributed by atoms with E-state index in [0.717, 1.165) is 10.6 Å². The normalized spacial score (nSPS) is 12.0. The van der Waals surface area contributed by atoms with Gasteiger partial charge in [0.05, 0.1) is 26.2 Å². The van der Waals surface area contributed by atoms with Gasteiger partial charge >= 0.3 is 0 Å². The van der Waals surface area contributed by atoms with Gasteiger partial charge in [-0.3, -0.25) is 13.9 Å². The summed E-state index contributed by atoms with van der Waals surface area (Å²) in [5, 5.41) is 3.13. The highest BCUT2D eigenvalue weighted by molar-refractivity contribution is 7.92. The number of nitrogens with one attached hydrogen (secondary N) is 1. The van der Waals surface area contributed by atoms with Crippen molar-refractivity contribution in [3.05, 3.63) is 52.0 Å². The highest BCUT2D eigenvalue weighted by Crippen LogP contribution is 2.33. The van der Waals surface area contributed by atoms with Crippen LogP contribution in [0.25, 0.3) is 0 Å². The Bertz CT molecular complexity index is 1140. The van der Waals surface area contributed by atoms with Crippen LogP contribution in [0.2, 0.25) is 10.0 Å². The van der Waals surface area contributed by atoms with Crippen molar-refractivity contribution >= 4 is 50.7 Å². The second-order valence-corrected chi connectivity index (χ2v) is 10.0. The third-order valence-corrected chi connectivity index (χ3v) is 6.99. The van der Waals surface area contributed by atoms with E-state index in [2.05, 4.69) is 5.32 Å². The molecule has 2 aromatic rings. The highest BCUT2D eigenvalue weighted by atomic mass is 35.5. The lowest BCUT2D eigenvalue weighted by Crippen LogP contribution is -2.50. The maximum Gasteiger partial charge on any atom is 0.244 e. The molecule has 2 aromatic carbocycles. The first-order valence-corrected chi connectivity index (χ1v) is 12.7. The standard InChI is InChI=1S/C22H27Cl2N3O6S/c1-14(22(29)25-2)26(12-16-17(23)7-6-8-18(16)24)21(28)13-27(34(5,30)31)15-9-10-19(32-3)20(11-15)33-4/h6-11,14H,12-13H2,1-5H3,(H,25,29)/t14-/m1/s1. The number of halogens is 2. The summed E-state index contributed by atoms with van der Waals surface area (Å²) in [5.74, 6) is -0.380. The van der Waals surface area contributed by atoms with Crippen LogP contribution in [0.1, 0.15) is 12.5 Å². The van der Waals surface area contributed by atoms with Crippen LogP contribution in [0.3, 0.4) is 0 Å². The number of amides is 2. The SMILES string of the molecule is CNC(=O)[C@@H](C)N(Cc1c(Cl)cccc1Cl)C(=O)CN(c1ccc(OC)c(OC)c1)S(C)(=O)=O. The third kappa shape index (κ3) is 6.46. The number of hydrogen-bond acceptors (Lipinski definition) is 6. The van der Waals surface area contributed by atoms with Gasteiger partial charge in [0.25, 0.3) is 0 Å². The molecule has 0 aliphatic heterocycles. The molecular weight excluding hydrogens is 505 g/mol. The number of benzene rings is 2. The van der Waals surface area contributed by atoms with Crippen LogP contribution in [-0.2, 0) is 26.2 Å². The average molecular weight is 532 g/mol. The monoisotopic (exact) mass is 531 g/mol. The van der Waals surface area contributed by atoms with Crippen LogP contribution in [0.5, 0.6) is 11.5 Å². The molecule has 0 fully saturated rings. The molecule has 0 aliphatic rings. The van der Waals surface area contributed by atoms with Crippen LogP contribution in [-0.4, -0.2) is 65.2 Å². The summed E-state index contributed by atoms with van der Waals surface area (Å²) in [6, 6.07) is 8.43. The minimum atomic E-state index is -3.90. The molecule has 186 valence electrons. The van der Waals surface area contributed by atoms with Crippen molar-refractivity contribution in [3.63, 3.8) is 0 Å². The molecule has 0 radical (unpaired) electrons. The van der Waals surface area contributed by atoms with Crippen LogP contribution >= 0.6 is 23.2 Å². The van der Waals surface area contributed by atoms with Gasteiger partial charge in [0.2, 0.25) is 21.8 Å². The van der Waals surface area contributed by atoms with Crippen LogP contribution in [0.4, 0.5) is 5.69 Å². The fourth-order valence-electron chi connectivity index (χ4n) is 3.24. The molecule has 9 nitrogen and oxygen atoms in total. The van der Waals surface area contributed by atoms with Crippen molar-refractivity contribution in [2.24, 2.45) is 0 Å². The molecule has 0 spiro atoms. The molecule has 1 atom stereocenters. The molecule has 0 bridgehead atoms. The topological polar surface area (TPSA) is 105 Å². The number of carbonyl (C=O) groups is 2. The fourth-order valence-corrected chi connectivity index (χ4v) is 4.60. The van der Waals surface area contributed by atoms with E-state index < -0.39 is 34.4 Å². The van der Waals surface area contributed by atoms with Gasteiger partial charge in [-0.15, -0.1) is 0 Å². The smallest absolute Gasteiger partial charge is 0.244 e. The quantitative estimate of drug-likeness (QED) is 0.505. The molecule has 34 heavy (non-hydrogen) atoms. The van der Waals surface area contributed by atoms with E-state index >= 15 is 0 Å². The number of sulfonamides is 1. The number of rotatable bonds is 10. The van der Waals surface area contributed by atoms with Crippen LogP contribution in [0.15, 0.2) is 36.4 Å². The fraction of sp³-hybridized carbons (Fsp3) is 0.364. The van der Waals surface area contributed by atoms with Crippen LogP contribution in [0, 0.1) is 0 Å². The number of nitrogens with zero attached hydrogens (tertiary/aromatic N) is 2. The van der Waals surface area contributed by atoms with Crippen LogP contribution < -0.4 is 19.1 Å². The minimum Gasteiger partial charge on any atom is -0.493 e. The molecule has 0 saturated carbocycles. The van der Waals surface area contributed by atoms with E-state index in [-0.39, 0.29) is 12.2 Å². The van der Waals surface area contributed by atoms with E-state index in [1.807, 2.05) is 0 Å². The van der Waals surface area contributed by atoms with Gasteiger partial charge < -0.3 is 19.7 Å². The first kappa shape index (κ1) is 27.6. The van der Waals surface area contributed by atoms with E-state index in [0.29, 0.717) is 27.1 Å². The number of carbonyl (C=O) groups excluding carboxylic acids is 2. The summed E-state index contributed by atoms with van der Waals surface area (Å²) < 4.78 is 36.6. The van der Waals surface area contributed by atoms with Crippen molar-refractivity contribution in [1.82, 2.24) is 10.2 Å². The number of hydrogen-bond donors (Lipinski definition) is 1. The first-order chi connectivity index (χ1) is 15.9. The average Bonchev–Trinajstić information content (AvgIpc) is 2.80. The maximum atomic E-state index is 13.4. The summed E-state index contributed by atoms with van der Waals surface area (Å²) in [7, 11) is 0.412. The van der Waals surface area contributed by atoms with E-state index in [1.165, 1.54) is 51.3 Å². The predicted octanol–water partition coefficient (Wildman–Crippen LogP) is 2.94. The minimum absolute atomic E-state index is 0.102. The lowest BCUT2D eigenvalue weighted by atomic mass is 10.1. The summed E-state index contributed by atoms with van der Waals surface area (Å²) in [6.07, 6.45) is 0.981. The Kier molecular flexibility index (Phi) is 9.43. The number of methoxy groups -OCH3 is 2. The van der Waals surface area contributed by atoms with E-state index in [9.17, 15) is 18.0 Å². The zero-order chi connectivity index (χ0) is 25.6. The largest absolute Gasteiger partial charge is 0.493 e. The lowest BCUT2D eigenvalue weighted by Gasteiger charge is -2.31. The van der Waals surface area contributed by atoms with Gasteiger partial charge in [0.15, 0.2) is 11.5 Å². The Balaban J connectivity index is 2.48. The summed E-state index contributed by atoms with van der Waals surface area (Å²) in [6.45, 7) is 0.857. The van der Waals surface area contributed by atoms with Gasteiger partial charge in [0.1, 0.15) is 12.6 Å². The maximum absolute atomic E-state index is 13.4. The van der Waals surface area contributed by atoms with Gasteiger partial charge in [-0.05, 0) is 31.2 Å². The summed E-state index contributed by atoms with van der Waals surface area (Å²) in [5.41, 5.74) is 0.629. The molecule has 0 unspecified atom stereocenters. The second kappa shape index (κ2) is 11.6. The highest BCUT2D eigenvalue weighted by Gasteiger charge is 2.31. The van der Waals surface area contributed by atoms with Crippen molar-refractivity contribution < 1.29 is 27.5 Å². The second-order valence-electron chi connectivity index (χ2n) is 7.32. The molecule has 0 aromatic heterocycles. The van der Waals surface area contributed by atoms with Crippen molar-refractivity contribution in [2.45, 2.75) is 19.5 Å². The number of anilines is 1. The Morgan fingerprint density at radius 3 is 2.15 bits per heavy atom. The van der Waals surface area contributed by atoms with Gasteiger partial charge in [-0.25, -0.2) is 8.42 Å². The first-order valence-electron chi connectivity index (χ1n) is 10.1. The Labute approximate surface area is 209 Å². The molecule has 0 heterocycles. The van der Waals surface area contributed by atoms with Gasteiger partial charge in [-0.2, -0.15) is 0 Å². The zero-order valence-corrected chi connectivity index (χ0v) is 21.8. The Hall–Kier alpha value is -2.69. The van der Waals surface area contributed by atoms with Gasteiger partial charge in [-0.1, -0.05) is 29.3 Å². The zero-order valence-electron chi connectivity index (χ0n) is 19.5. The number of likely N-dealkylation sites (N-methyl/N-ethyl adjacent to an activating group) is 1. The summed E-state index contributed by atoms with van der Waals surface area (Å²) >= 11 is 12.6. The Morgan fingerprint density at radius 1 is 1.06 bits per heavy atom. The predicted molar refractivity (Wildman–Crippen MR) is 132 cm³/mol. The van der Waals surface area contributed by atoms with E-state index in [1.54, 1.807) is 18.2 Å². The van der Waals surface area contributed by atoms with Crippen molar-refractivity contribution in [2.75, 3.05) is 38.4 Å². The third-order valence-electron chi connectivity index (χ3n) is 5.14. The molecule has 2 amide bonds. The molecule has 0 aliphatic carbocycles. The molecule has 12 heteroatoms.